The van der Waals surface area contributed by atoms with Crippen molar-refractivity contribution in [3.63, 3.8) is 0 Å². The smallest absolute Gasteiger partial charge is 0.237 e. The van der Waals surface area contributed by atoms with E-state index >= 15 is 0 Å². The van der Waals surface area contributed by atoms with Crippen molar-refractivity contribution in [3.8, 4) is 0 Å². The van der Waals surface area contributed by atoms with E-state index in [9.17, 15) is 4.79 Å². The molecule has 0 aromatic rings. The highest BCUT2D eigenvalue weighted by atomic mass is 16.1. The first-order valence-electron chi connectivity index (χ1n) is 5.23. The molecule has 0 aromatic heterocycles. The number of hydrogen-bond acceptors (Lipinski definition) is 2. The fourth-order valence-electron chi connectivity index (χ4n) is 2.71. The predicted molar refractivity (Wildman–Crippen MR) is 50.8 cm³/mol. The standard InChI is InChI=1S/C10H18N2O/c11-9(13)10(12)6-8(10)7-4-2-1-3-5-7/h7-8H,1-6,12H2,(H2,11,13). The zero-order valence-electron chi connectivity index (χ0n) is 7.96. The summed E-state index contributed by atoms with van der Waals surface area (Å²) in [5.41, 5.74) is 10.5. The van der Waals surface area contributed by atoms with Crippen LogP contribution >= 0.6 is 0 Å². The van der Waals surface area contributed by atoms with Crippen LogP contribution < -0.4 is 11.5 Å². The highest BCUT2D eigenvalue weighted by molar-refractivity contribution is 5.88. The summed E-state index contributed by atoms with van der Waals surface area (Å²) in [4.78, 5) is 11.0. The first kappa shape index (κ1) is 9.00. The molecule has 2 aliphatic rings. The van der Waals surface area contributed by atoms with E-state index < -0.39 is 5.54 Å². The summed E-state index contributed by atoms with van der Waals surface area (Å²) in [5.74, 6) is 0.764. The van der Waals surface area contributed by atoms with E-state index in [1.54, 1.807) is 0 Å². The molecule has 2 saturated carbocycles. The first-order valence-corrected chi connectivity index (χ1v) is 5.23. The fraction of sp³-hybridized carbons (Fsp3) is 0.900. The molecule has 2 rings (SSSR count). The minimum atomic E-state index is -0.637. The molecule has 2 fully saturated rings. The van der Waals surface area contributed by atoms with Crippen molar-refractivity contribution in [1.29, 1.82) is 0 Å². The summed E-state index contributed by atoms with van der Waals surface area (Å²) in [6.07, 6.45) is 7.27. The van der Waals surface area contributed by atoms with Gasteiger partial charge in [-0.2, -0.15) is 0 Å². The van der Waals surface area contributed by atoms with E-state index in [0.29, 0.717) is 11.8 Å². The summed E-state index contributed by atoms with van der Waals surface area (Å²) < 4.78 is 0. The van der Waals surface area contributed by atoms with Gasteiger partial charge in [0.1, 0.15) is 0 Å². The zero-order valence-corrected chi connectivity index (χ0v) is 7.96. The predicted octanol–water partition coefficient (Wildman–Crippen LogP) is 0.769. The van der Waals surface area contributed by atoms with Crippen LogP contribution in [0, 0.1) is 11.8 Å². The van der Waals surface area contributed by atoms with Crippen molar-refractivity contribution in [2.24, 2.45) is 23.3 Å². The topological polar surface area (TPSA) is 69.1 Å². The molecule has 1 amide bonds. The van der Waals surface area contributed by atoms with Crippen molar-refractivity contribution in [2.75, 3.05) is 0 Å². The Labute approximate surface area is 78.9 Å². The normalized spacial score (nSPS) is 40.2. The molecule has 2 aliphatic carbocycles. The van der Waals surface area contributed by atoms with Gasteiger partial charge in [-0.25, -0.2) is 0 Å². The maximum Gasteiger partial charge on any atom is 0.237 e. The van der Waals surface area contributed by atoms with Gasteiger partial charge in [-0.05, 0) is 18.3 Å². The molecule has 2 atom stereocenters. The van der Waals surface area contributed by atoms with Gasteiger partial charge in [0.05, 0.1) is 5.54 Å². The van der Waals surface area contributed by atoms with Crippen LogP contribution in [0.1, 0.15) is 38.5 Å². The van der Waals surface area contributed by atoms with Crippen molar-refractivity contribution < 1.29 is 4.79 Å². The lowest BCUT2D eigenvalue weighted by atomic mass is 9.84. The summed E-state index contributed by atoms with van der Waals surface area (Å²) in [6.45, 7) is 0. The molecule has 3 nitrogen and oxygen atoms in total. The Bertz CT molecular complexity index is 223. The van der Waals surface area contributed by atoms with E-state index in [1.165, 1.54) is 32.1 Å². The van der Waals surface area contributed by atoms with Crippen LogP contribution in [0.3, 0.4) is 0 Å². The Morgan fingerprint density at radius 1 is 1.23 bits per heavy atom. The number of nitrogens with two attached hydrogens (primary N) is 2. The lowest BCUT2D eigenvalue weighted by Crippen LogP contribution is -2.42. The van der Waals surface area contributed by atoms with Gasteiger partial charge in [0.15, 0.2) is 0 Å². The molecular weight excluding hydrogens is 164 g/mol. The number of rotatable bonds is 2. The number of hydrogen-bond donors (Lipinski definition) is 2. The van der Waals surface area contributed by atoms with Crippen molar-refractivity contribution in [1.82, 2.24) is 0 Å². The maximum atomic E-state index is 11.0. The molecule has 0 radical (unpaired) electrons. The van der Waals surface area contributed by atoms with E-state index in [4.69, 9.17) is 11.5 Å². The highest BCUT2D eigenvalue weighted by Crippen LogP contribution is 2.50. The van der Waals surface area contributed by atoms with E-state index in [0.717, 1.165) is 6.42 Å². The molecular formula is C10H18N2O. The third kappa shape index (κ3) is 1.46. The van der Waals surface area contributed by atoms with Crippen LogP contribution in [0.4, 0.5) is 0 Å². The van der Waals surface area contributed by atoms with Crippen LogP contribution in [0.5, 0.6) is 0 Å². The van der Waals surface area contributed by atoms with Crippen molar-refractivity contribution in [2.45, 2.75) is 44.1 Å². The number of carbonyl (C=O) groups is 1. The highest BCUT2D eigenvalue weighted by Gasteiger charge is 2.58. The second-order valence-corrected chi connectivity index (χ2v) is 4.61. The lowest BCUT2D eigenvalue weighted by molar-refractivity contribution is -0.120. The molecule has 0 aromatic carbocycles. The molecule has 13 heavy (non-hydrogen) atoms. The SMILES string of the molecule is NC(=O)C1(N)CC1C1CCCCC1. The van der Waals surface area contributed by atoms with Crippen LogP contribution in [0.2, 0.25) is 0 Å². The fourth-order valence-corrected chi connectivity index (χ4v) is 2.71. The van der Waals surface area contributed by atoms with Crippen LogP contribution in [-0.4, -0.2) is 11.4 Å². The average molecular weight is 182 g/mol. The van der Waals surface area contributed by atoms with Gasteiger partial charge in [0.25, 0.3) is 0 Å². The molecule has 0 saturated heterocycles. The van der Waals surface area contributed by atoms with Gasteiger partial charge in [-0.15, -0.1) is 0 Å². The molecule has 0 heterocycles. The molecule has 0 aliphatic heterocycles. The lowest BCUT2D eigenvalue weighted by Gasteiger charge is -2.22. The van der Waals surface area contributed by atoms with E-state index in [2.05, 4.69) is 0 Å². The summed E-state index contributed by atoms with van der Waals surface area (Å²) in [7, 11) is 0. The second kappa shape index (κ2) is 2.98. The molecule has 0 spiro atoms. The Hall–Kier alpha value is -0.570. The first-order chi connectivity index (χ1) is 6.14. The van der Waals surface area contributed by atoms with Gasteiger partial charge in [-0.1, -0.05) is 32.1 Å². The van der Waals surface area contributed by atoms with E-state index in [-0.39, 0.29) is 5.91 Å². The Balaban J connectivity index is 1.94. The van der Waals surface area contributed by atoms with Crippen LogP contribution in [-0.2, 0) is 4.79 Å². The molecule has 3 heteroatoms. The molecule has 4 N–H and O–H groups in total. The van der Waals surface area contributed by atoms with Crippen LogP contribution in [0.15, 0.2) is 0 Å². The zero-order chi connectivity index (χ0) is 9.47. The van der Waals surface area contributed by atoms with Gasteiger partial charge < -0.3 is 11.5 Å². The number of primary amides is 1. The monoisotopic (exact) mass is 182 g/mol. The number of carbonyl (C=O) groups excluding carboxylic acids is 1. The number of amides is 1. The molecule has 74 valence electrons. The molecule has 2 unspecified atom stereocenters. The largest absolute Gasteiger partial charge is 0.368 e. The Morgan fingerprint density at radius 3 is 2.31 bits per heavy atom. The summed E-state index contributed by atoms with van der Waals surface area (Å²) >= 11 is 0. The summed E-state index contributed by atoms with van der Waals surface area (Å²) in [5, 5.41) is 0. The van der Waals surface area contributed by atoms with Gasteiger partial charge in [0.2, 0.25) is 5.91 Å². The minimum absolute atomic E-state index is 0.303. The van der Waals surface area contributed by atoms with Crippen molar-refractivity contribution >= 4 is 5.91 Å². The Kier molecular flexibility index (Phi) is 2.06. The van der Waals surface area contributed by atoms with Crippen molar-refractivity contribution in [3.05, 3.63) is 0 Å². The summed E-state index contributed by atoms with van der Waals surface area (Å²) in [6, 6.07) is 0. The van der Waals surface area contributed by atoms with Gasteiger partial charge >= 0.3 is 0 Å². The Morgan fingerprint density at radius 2 is 1.85 bits per heavy atom. The maximum absolute atomic E-state index is 11.0. The van der Waals surface area contributed by atoms with Gasteiger partial charge in [-0.3, -0.25) is 4.79 Å². The average Bonchev–Trinajstić information content (AvgIpc) is 2.81. The quantitative estimate of drug-likeness (QED) is 0.662. The molecule has 0 bridgehead atoms. The second-order valence-electron chi connectivity index (χ2n) is 4.61. The van der Waals surface area contributed by atoms with Gasteiger partial charge in [0, 0.05) is 0 Å². The third-order valence-electron chi connectivity index (χ3n) is 3.74. The minimum Gasteiger partial charge on any atom is -0.368 e. The van der Waals surface area contributed by atoms with E-state index in [1.807, 2.05) is 0 Å². The third-order valence-corrected chi connectivity index (χ3v) is 3.74. The van der Waals surface area contributed by atoms with Crippen LogP contribution in [0.25, 0.3) is 0 Å².